The Kier molecular flexibility index (Phi) is 21.6. The molecule has 0 aliphatic heterocycles. The molecule has 0 saturated heterocycles. The number of rotatable bonds is 6. The maximum absolute atomic E-state index is 10.5. The molecule has 184 valence electrons. The first kappa shape index (κ1) is 36.9. The van der Waals surface area contributed by atoms with Gasteiger partial charge in [-0.25, -0.2) is 14.4 Å². The Morgan fingerprint density at radius 3 is 0.516 bits per heavy atom. The molecule has 9 nitrogen and oxygen atoms in total. The molecule has 3 amide bonds. The Morgan fingerprint density at radius 2 is 0.516 bits per heavy atom. The van der Waals surface area contributed by atoms with Crippen molar-refractivity contribution in [1.82, 2.24) is 14.7 Å². The molecule has 0 atom stereocenters. The zero-order chi connectivity index (χ0) is 24.9. The third-order valence-corrected chi connectivity index (χ3v) is 4.00. The Hall–Kier alpha value is -1.48. The van der Waals surface area contributed by atoms with Crippen molar-refractivity contribution in [2.75, 3.05) is 0 Å². The second-order valence-corrected chi connectivity index (χ2v) is 8.63. The van der Waals surface area contributed by atoms with Crippen LogP contribution in [0.5, 0.6) is 0 Å². The predicted molar refractivity (Wildman–Crippen MR) is 120 cm³/mol. The summed E-state index contributed by atoms with van der Waals surface area (Å²) in [5.41, 5.74) is 0. The van der Waals surface area contributed by atoms with E-state index in [2.05, 4.69) is 0 Å². The van der Waals surface area contributed by atoms with Gasteiger partial charge < -0.3 is 30.0 Å². The molecule has 0 saturated carbocycles. The smallest absolute Gasteiger partial charge is 0.407 e. The summed E-state index contributed by atoms with van der Waals surface area (Å²) < 4.78 is 0. The molecule has 0 aromatic carbocycles. The molecule has 3 N–H and O–H groups in total. The Balaban J connectivity index is -0.000000174. The molecule has 0 aromatic heterocycles. The van der Waals surface area contributed by atoms with Crippen molar-refractivity contribution in [1.29, 1.82) is 0 Å². The van der Waals surface area contributed by atoms with Crippen LogP contribution in [0.15, 0.2) is 0 Å². The van der Waals surface area contributed by atoms with Gasteiger partial charge in [0.05, 0.1) is 0 Å². The van der Waals surface area contributed by atoms with E-state index in [0.29, 0.717) is 0 Å². The number of carbonyl (C=O) groups is 3. The van der Waals surface area contributed by atoms with Gasteiger partial charge in [0.25, 0.3) is 0 Å². The van der Waals surface area contributed by atoms with E-state index in [0.717, 1.165) is 0 Å². The maximum atomic E-state index is 10.5. The van der Waals surface area contributed by atoms with Crippen molar-refractivity contribution in [3.63, 3.8) is 0 Å². The maximum Gasteiger partial charge on any atom is 0.407 e. The molecule has 0 aliphatic rings. The van der Waals surface area contributed by atoms with Gasteiger partial charge in [0, 0.05) is 58.0 Å². The molecule has 10 heteroatoms. The quantitative estimate of drug-likeness (QED) is 0.438. The van der Waals surface area contributed by atoms with E-state index in [9.17, 15) is 14.4 Å². The second-order valence-electron chi connectivity index (χ2n) is 8.63. The molecule has 0 rings (SSSR count). The molecule has 0 radical (unpaired) electrons. The topological polar surface area (TPSA) is 122 Å². The molecule has 0 bridgehead atoms. The fourth-order valence-electron chi connectivity index (χ4n) is 3.11. The van der Waals surface area contributed by atoms with Crippen molar-refractivity contribution in [3.8, 4) is 0 Å². The van der Waals surface area contributed by atoms with Gasteiger partial charge in [0.2, 0.25) is 0 Å². The molecule has 31 heavy (non-hydrogen) atoms. The van der Waals surface area contributed by atoms with Gasteiger partial charge in [0.1, 0.15) is 0 Å². The fourth-order valence-corrected chi connectivity index (χ4v) is 3.11. The van der Waals surface area contributed by atoms with Crippen LogP contribution >= 0.6 is 0 Å². The summed E-state index contributed by atoms with van der Waals surface area (Å²) in [6.07, 6.45) is -2.53. The van der Waals surface area contributed by atoms with Crippen LogP contribution in [-0.4, -0.2) is 84.6 Å². The average molecular weight is 483 g/mol. The standard InChI is InChI=1S/3C7H15NO2.Ti/c3*1-5(2)8(6(3)4)7(9)10;/h3*5-6H,1-4H3,(H,9,10);. The van der Waals surface area contributed by atoms with Crippen molar-refractivity contribution in [2.24, 2.45) is 0 Å². The van der Waals surface area contributed by atoms with Crippen LogP contribution in [-0.2, 0) is 21.7 Å². The van der Waals surface area contributed by atoms with Crippen LogP contribution in [0, 0.1) is 0 Å². The molecular weight excluding hydrogens is 438 g/mol. The summed E-state index contributed by atoms with van der Waals surface area (Å²) >= 11 is 0. The van der Waals surface area contributed by atoms with E-state index >= 15 is 0 Å². The van der Waals surface area contributed by atoms with Crippen LogP contribution in [0.2, 0.25) is 0 Å². The predicted octanol–water partition coefficient (Wildman–Crippen LogP) is 5.35. The van der Waals surface area contributed by atoms with Crippen molar-refractivity contribution in [2.45, 2.75) is 119 Å². The Morgan fingerprint density at radius 1 is 0.419 bits per heavy atom. The monoisotopic (exact) mass is 483 g/mol. The third kappa shape index (κ3) is 16.8. The summed E-state index contributed by atoms with van der Waals surface area (Å²) in [5.74, 6) is 0. The molecule has 0 unspecified atom stereocenters. The minimum Gasteiger partial charge on any atom is -0.465 e. The number of carboxylic acid groups (broad SMARTS) is 3. The number of hydrogen-bond donors (Lipinski definition) is 3. The zero-order valence-corrected chi connectivity index (χ0v) is 22.9. The summed E-state index contributed by atoms with van der Waals surface area (Å²) in [4.78, 5) is 35.8. The van der Waals surface area contributed by atoms with Crippen molar-refractivity contribution < 1.29 is 51.4 Å². The van der Waals surface area contributed by atoms with E-state index in [-0.39, 0.29) is 58.0 Å². The van der Waals surface area contributed by atoms with Gasteiger partial charge in [-0.1, -0.05) is 0 Å². The van der Waals surface area contributed by atoms with Crippen LogP contribution in [0.4, 0.5) is 14.4 Å². The zero-order valence-electron chi connectivity index (χ0n) is 21.4. The summed E-state index contributed by atoms with van der Waals surface area (Å²) in [6.45, 7) is 22.4. The Labute approximate surface area is 203 Å². The van der Waals surface area contributed by atoms with Crippen molar-refractivity contribution >= 4 is 18.3 Å². The van der Waals surface area contributed by atoms with Gasteiger partial charge in [-0.05, 0) is 83.1 Å². The average Bonchev–Trinajstić information content (AvgIpc) is 2.43. The third-order valence-electron chi connectivity index (χ3n) is 4.00. The van der Waals surface area contributed by atoms with E-state index in [1.54, 1.807) is 0 Å². The number of hydrogen-bond acceptors (Lipinski definition) is 3. The first-order chi connectivity index (χ1) is 13.4. The van der Waals surface area contributed by atoms with Gasteiger partial charge in [-0.3, -0.25) is 0 Å². The normalized spacial score (nSPS) is 10.3. The molecule has 0 spiro atoms. The van der Waals surface area contributed by atoms with Crippen LogP contribution in [0.3, 0.4) is 0 Å². The summed E-state index contributed by atoms with van der Waals surface area (Å²) in [5, 5.41) is 25.9. The Bertz CT molecular complexity index is 416. The van der Waals surface area contributed by atoms with Gasteiger partial charge >= 0.3 is 18.3 Å². The van der Waals surface area contributed by atoms with Crippen LogP contribution in [0.1, 0.15) is 83.1 Å². The van der Waals surface area contributed by atoms with E-state index in [1.807, 2.05) is 83.1 Å². The van der Waals surface area contributed by atoms with E-state index < -0.39 is 18.3 Å². The summed E-state index contributed by atoms with van der Waals surface area (Å²) in [6, 6.07) is 0.403. The van der Waals surface area contributed by atoms with Gasteiger partial charge in [-0.15, -0.1) is 0 Å². The van der Waals surface area contributed by atoms with Gasteiger partial charge in [0.15, 0.2) is 0 Å². The van der Waals surface area contributed by atoms with E-state index in [1.165, 1.54) is 14.7 Å². The van der Waals surface area contributed by atoms with E-state index in [4.69, 9.17) is 15.3 Å². The van der Waals surface area contributed by atoms with Crippen LogP contribution < -0.4 is 0 Å². The van der Waals surface area contributed by atoms with Crippen LogP contribution in [0.25, 0.3) is 0 Å². The first-order valence-electron chi connectivity index (χ1n) is 10.4. The van der Waals surface area contributed by atoms with Gasteiger partial charge in [-0.2, -0.15) is 0 Å². The number of nitrogens with zero attached hydrogens (tertiary/aromatic N) is 3. The first-order valence-corrected chi connectivity index (χ1v) is 10.4. The molecule has 0 aromatic rings. The van der Waals surface area contributed by atoms with Crippen molar-refractivity contribution in [3.05, 3.63) is 0 Å². The molecule has 0 fully saturated rings. The number of amides is 3. The largest absolute Gasteiger partial charge is 0.465 e. The fraction of sp³-hybridized carbons (Fsp3) is 0.857. The molecule has 0 heterocycles. The molecule has 0 aliphatic carbocycles. The molecular formula is C21H45N3O6Ti. The second kappa shape index (κ2) is 18.1. The minimum atomic E-state index is -0.843. The minimum absolute atomic E-state index is 0. The summed E-state index contributed by atoms with van der Waals surface area (Å²) in [7, 11) is 0. The SMILES string of the molecule is CC(C)N(C(=O)O)C(C)C.CC(C)N(C(=O)O)C(C)C.CC(C)N(C(=O)O)C(C)C.[Ti].